The molecular weight excluding hydrogens is 300 g/mol. The Kier molecular flexibility index (Phi) is 4.75. The van der Waals surface area contributed by atoms with Crippen LogP contribution in [-0.4, -0.2) is 34.5 Å². The molecule has 3 rings (SSSR count). The maximum absolute atomic E-state index is 12.4. The number of benzene rings is 2. The van der Waals surface area contributed by atoms with Gasteiger partial charge in [0.2, 0.25) is 5.91 Å². The standard InChI is InChI=1S/C20H20N2O2/c1-22(10-9-15-5-4-7-18(23)12-15)20(24)13-16-11-17-6-2-3-8-19(17)21-14-16/h2-8,11-12,14,23H,9-10,13H2,1H3. The number of para-hydroxylation sites is 1. The third-order valence-corrected chi connectivity index (χ3v) is 4.07. The lowest BCUT2D eigenvalue weighted by Crippen LogP contribution is -2.30. The van der Waals surface area contributed by atoms with Crippen LogP contribution in [0.1, 0.15) is 11.1 Å². The summed E-state index contributed by atoms with van der Waals surface area (Å²) in [5.74, 6) is 0.316. The molecule has 0 spiro atoms. The molecular formula is C20H20N2O2. The molecule has 1 N–H and O–H groups in total. The number of aromatic nitrogens is 1. The van der Waals surface area contributed by atoms with Crippen molar-refractivity contribution in [1.82, 2.24) is 9.88 Å². The lowest BCUT2D eigenvalue weighted by atomic mass is 10.1. The van der Waals surface area contributed by atoms with Gasteiger partial charge in [-0.15, -0.1) is 0 Å². The third kappa shape index (κ3) is 3.90. The zero-order valence-corrected chi connectivity index (χ0v) is 13.6. The Morgan fingerprint density at radius 1 is 1.08 bits per heavy atom. The molecule has 0 unspecified atom stereocenters. The Bertz CT molecular complexity index is 861. The normalized spacial score (nSPS) is 10.7. The first-order valence-corrected chi connectivity index (χ1v) is 7.97. The maximum atomic E-state index is 12.4. The molecule has 4 nitrogen and oxygen atoms in total. The van der Waals surface area contributed by atoms with Crippen LogP contribution in [0.5, 0.6) is 5.75 Å². The molecule has 0 aliphatic rings. The number of amides is 1. The molecule has 0 radical (unpaired) electrons. The minimum absolute atomic E-state index is 0.0623. The van der Waals surface area contributed by atoms with Gasteiger partial charge in [0.1, 0.15) is 5.75 Å². The second kappa shape index (κ2) is 7.13. The maximum Gasteiger partial charge on any atom is 0.226 e. The number of rotatable bonds is 5. The molecule has 3 aromatic rings. The fourth-order valence-corrected chi connectivity index (χ4v) is 2.66. The van der Waals surface area contributed by atoms with Crippen molar-refractivity contribution in [2.24, 2.45) is 0 Å². The van der Waals surface area contributed by atoms with Crippen molar-refractivity contribution in [1.29, 1.82) is 0 Å². The lowest BCUT2D eigenvalue weighted by molar-refractivity contribution is -0.129. The molecule has 0 saturated carbocycles. The number of fused-ring (bicyclic) bond motifs is 1. The summed E-state index contributed by atoms with van der Waals surface area (Å²) in [4.78, 5) is 18.5. The molecule has 0 saturated heterocycles. The first-order valence-electron chi connectivity index (χ1n) is 7.97. The Balaban J connectivity index is 1.60. The minimum Gasteiger partial charge on any atom is -0.508 e. The molecule has 122 valence electrons. The highest BCUT2D eigenvalue weighted by Crippen LogP contribution is 2.14. The summed E-state index contributed by atoms with van der Waals surface area (Å²) in [7, 11) is 1.81. The van der Waals surface area contributed by atoms with E-state index >= 15 is 0 Å². The van der Waals surface area contributed by atoms with E-state index < -0.39 is 0 Å². The van der Waals surface area contributed by atoms with Crippen LogP contribution in [0.3, 0.4) is 0 Å². The van der Waals surface area contributed by atoms with E-state index in [4.69, 9.17) is 0 Å². The number of phenolic OH excluding ortho intramolecular Hbond substituents is 1. The summed E-state index contributed by atoms with van der Waals surface area (Å²) in [6.45, 7) is 0.614. The van der Waals surface area contributed by atoms with Gasteiger partial charge in [-0.05, 0) is 41.8 Å². The number of pyridine rings is 1. The van der Waals surface area contributed by atoms with Crippen molar-refractivity contribution in [2.75, 3.05) is 13.6 Å². The van der Waals surface area contributed by atoms with Gasteiger partial charge in [0.25, 0.3) is 0 Å². The zero-order chi connectivity index (χ0) is 16.9. The van der Waals surface area contributed by atoms with E-state index in [9.17, 15) is 9.90 Å². The second-order valence-corrected chi connectivity index (χ2v) is 5.95. The molecule has 4 heteroatoms. The summed E-state index contributed by atoms with van der Waals surface area (Å²) in [5.41, 5.74) is 2.87. The average Bonchev–Trinajstić information content (AvgIpc) is 2.59. The number of likely N-dealkylation sites (N-methyl/N-ethyl adjacent to an activating group) is 1. The molecule has 1 heterocycles. The average molecular weight is 320 g/mol. The van der Waals surface area contributed by atoms with Crippen LogP contribution in [0, 0.1) is 0 Å². The van der Waals surface area contributed by atoms with E-state index in [0.29, 0.717) is 19.4 Å². The number of carbonyl (C=O) groups is 1. The highest BCUT2D eigenvalue weighted by atomic mass is 16.3. The van der Waals surface area contributed by atoms with Crippen molar-refractivity contribution < 1.29 is 9.90 Å². The van der Waals surface area contributed by atoms with E-state index in [-0.39, 0.29) is 11.7 Å². The highest BCUT2D eigenvalue weighted by molar-refractivity contribution is 5.82. The lowest BCUT2D eigenvalue weighted by Gasteiger charge is -2.17. The number of hydrogen-bond donors (Lipinski definition) is 1. The highest BCUT2D eigenvalue weighted by Gasteiger charge is 2.10. The van der Waals surface area contributed by atoms with Crippen LogP contribution in [0.2, 0.25) is 0 Å². The molecule has 0 fully saturated rings. The fourth-order valence-electron chi connectivity index (χ4n) is 2.66. The summed E-state index contributed by atoms with van der Waals surface area (Å²) < 4.78 is 0. The van der Waals surface area contributed by atoms with E-state index in [1.54, 1.807) is 30.3 Å². The van der Waals surface area contributed by atoms with E-state index in [1.165, 1.54) is 0 Å². The summed E-state index contributed by atoms with van der Waals surface area (Å²) in [5, 5.41) is 10.5. The Morgan fingerprint density at radius 3 is 2.75 bits per heavy atom. The van der Waals surface area contributed by atoms with Crippen LogP contribution >= 0.6 is 0 Å². The largest absolute Gasteiger partial charge is 0.508 e. The predicted molar refractivity (Wildman–Crippen MR) is 94.9 cm³/mol. The van der Waals surface area contributed by atoms with Crippen molar-refractivity contribution in [2.45, 2.75) is 12.8 Å². The van der Waals surface area contributed by atoms with Crippen LogP contribution in [0.15, 0.2) is 60.8 Å². The van der Waals surface area contributed by atoms with Gasteiger partial charge < -0.3 is 10.0 Å². The number of carbonyl (C=O) groups excluding carboxylic acids is 1. The topological polar surface area (TPSA) is 53.4 Å². The van der Waals surface area contributed by atoms with E-state index in [2.05, 4.69) is 4.98 Å². The first kappa shape index (κ1) is 16.0. The van der Waals surface area contributed by atoms with Gasteiger partial charge in [-0.3, -0.25) is 9.78 Å². The smallest absolute Gasteiger partial charge is 0.226 e. The van der Waals surface area contributed by atoms with Gasteiger partial charge in [0.05, 0.1) is 11.9 Å². The summed E-state index contributed by atoms with van der Waals surface area (Å²) in [6, 6.07) is 17.0. The molecule has 24 heavy (non-hydrogen) atoms. The third-order valence-electron chi connectivity index (χ3n) is 4.07. The number of aromatic hydroxyl groups is 1. The van der Waals surface area contributed by atoms with Gasteiger partial charge in [0, 0.05) is 25.2 Å². The zero-order valence-electron chi connectivity index (χ0n) is 13.6. The number of nitrogens with zero attached hydrogens (tertiary/aromatic N) is 2. The molecule has 0 atom stereocenters. The minimum atomic E-state index is 0.0623. The molecule has 0 aliphatic carbocycles. The summed E-state index contributed by atoms with van der Waals surface area (Å²) >= 11 is 0. The molecule has 0 aliphatic heterocycles. The summed E-state index contributed by atoms with van der Waals surface area (Å²) in [6.07, 6.45) is 2.82. The van der Waals surface area contributed by atoms with Gasteiger partial charge in [0.15, 0.2) is 0 Å². The predicted octanol–water partition coefficient (Wildman–Crippen LogP) is 3.18. The van der Waals surface area contributed by atoms with Crippen LogP contribution in [0.25, 0.3) is 10.9 Å². The van der Waals surface area contributed by atoms with Crippen molar-refractivity contribution in [3.8, 4) is 5.75 Å². The Hall–Kier alpha value is -2.88. The SMILES string of the molecule is CN(CCc1cccc(O)c1)C(=O)Cc1cnc2ccccc2c1. The first-order chi connectivity index (χ1) is 11.6. The van der Waals surface area contributed by atoms with Crippen molar-refractivity contribution in [3.05, 3.63) is 71.9 Å². The van der Waals surface area contributed by atoms with E-state index in [0.717, 1.165) is 22.0 Å². The van der Waals surface area contributed by atoms with Gasteiger partial charge in [-0.25, -0.2) is 0 Å². The monoisotopic (exact) mass is 320 g/mol. The Morgan fingerprint density at radius 2 is 1.92 bits per heavy atom. The van der Waals surface area contributed by atoms with Crippen molar-refractivity contribution in [3.63, 3.8) is 0 Å². The molecule has 0 bridgehead atoms. The number of hydrogen-bond acceptors (Lipinski definition) is 3. The molecule has 1 aromatic heterocycles. The molecule has 1 amide bonds. The molecule has 2 aromatic carbocycles. The van der Waals surface area contributed by atoms with Gasteiger partial charge in [-0.2, -0.15) is 0 Å². The van der Waals surface area contributed by atoms with Gasteiger partial charge >= 0.3 is 0 Å². The Labute approximate surface area is 141 Å². The fraction of sp³-hybridized carbons (Fsp3) is 0.200. The second-order valence-electron chi connectivity index (χ2n) is 5.95. The van der Waals surface area contributed by atoms with Crippen LogP contribution in [-0.2, 0) is 17.6 Å². The van der Waals surface area contributed by atoms with Crippen LogP contribution < -0.4 is 0 Å². The number of phenols is 1. The van der Waals surface area contributed by atoms with E-state index in [1.807, 2.05) is 42.5 Å². The van der Waals surface area contributed by atoms with Gasteiger partial charge in [-0.1, -0.05) is 30.3 Å². The quantitative estimate of drug-likeness (QED) is 0.785. The van der Waals surface area contributed by atoms with Crippen molar-refractivity contribution >= 4 is 16.8 Å². The van der Waals surface area contributed by atoms with Crippen LogP contribution in [0.4, 0.5) is 0 Å².